The lowest BCUT2D eigenvalue weighted by molar-refractivity contribution is 1.67. The fraction of sp³-hybridized carbons (Fsp3) is 0.0588. The lowest BCUT2D eigenvalue weighted by atomic mass is 9.95. The largest absolute Gasteiger partial charge is 0.0911 e. The Morgan fingerprint density at radius 3 is 2.33 bits per heavy atom. The van der Waals surface area contributed by atoms with E-state index in [2.05, 4.69) is 71.0 Å². The predicted octanol–water partition coefficient (Wildman–Crippen LogP) is 4.88. The van der Waals surface area contributed by atoms with Gasteiger partial charge in [-0.15, -0.1) is 0 Å². The second-order valence-corrected chi connectivity index (χ2v) is 5.28. The maximum atomic E-state index is 4.18. The minimum absolute atomic E-state index is 1.08. The highest BCUT2D eigenvalue weighted by molar-refractivity contribution is 9.15. The third kappa shape index (κ3) is 1.58. The fourth-order valence-corrected chi connectivity index (χ4v) is 2.84. The average Bonchev–Trinajstić information content (AvgIpc) is 2.42. The summed E-state index contributed by atoms with van der Waals surface area (Å²) in [4.78, 5) is 0. The van der Waals surface area contributed by atoms with Crippen LogP contribution in [0.2, 0.25) is 0 Å². The molecule has 0 atom stereocenters. The molecule has 1 heteroatoms. The average molecular weight is 297 g/mol. The van der Waals surface area contributed by atoms with Crippen LogP contribution in [0.15, 0.2) is 48.5 Å². The summed E-state index contributed by atoms with van der Waals surface area (Å²) in [5, 5.41) is 6.17. The molecular weight excluding hydrogens is 284 g/mol. The summed E-state index contributed by atoms with van der Waals surface area (Å²) in [7, 11) is 0. The van der Waals surface area contributed by atoms with Gasteiger partial charge in [-0.1, -0.05) is 71.0 Å². The smallest absolute Gasteiger partial charge is 0.0211 e. The van der Waals surface area contributed by atoms with Gasteiger partial charge >= 0.3 is 0 Å². The molecule has 88 valence electrons. The van der Waals surface area contributed by atoms with Gasteiger partial charge in [0, 0.05) is 4.48 Å². The third-order valence-electron chi connectivity index (χ3n) is 3.37. The summed E-state index contributed by atoms with van der Waals surface area (Å²) >= 11 is 3.63. The molecule has 0 aromatic heterocycles. The van der Waals surface area contributed by atoms with Crippen LogP contribution in [0.4, 0.5) is 0 Å². The molecule has 3 aromatic carbocycles. The Kier molecular flexibility index (Phi) is 2.71. The second kappa shape index (κ2) is 4.25. The Bertz CT molecular complexity index is 797. The minimum Gasteiger partial charge on any atom is -0.0911 e. The van der Waals surface area contributed by atoms with Crippen LogP contribution in [0.3, 0.4) is 0 Å². The molecular formula is C17H13Br. The molecule has 0 saturated carbocycles. The summed E-state index contributed by atoms with van der Waals surface area (Å²) in [6.07, 6.45) is 2.08. The monoisotopic (exact) mass is 296 g/mol. The first kappa shape index (κ1) is 11.5. The first-order chi connectivity index (χ1) is 8.72. The minimum atomic E-state index is 1.08. The highest BCUT2D eigenvalue weighted by Crippen LogP contribution is 2.32. The van der Waals surface area contributed by atoms with Gasteiger partial charge in [0.15, 0.2) is 0 Å². The summed E-state index contributed by atoms with van der Waals surface area (Å²) in [6.45, 7) is 6.22. The van der Waals surface area contributed by atoms with Crippen molar-refractivity contribution in [2.75, 3.05) is 0 Å². The highest BCUT2D eigenvalue weighted by Gasteiger charge is 2.08. The van der Waals surface area contributed by atoms with Gasteiger partial charge in [0.2, 0.25) is 0 Å². The van der Waals surface area contributed by atoms with Crippen molar-refractivity contribution in [2.24, 2.45) is 0 Å². The van der Waals surface area contributed by atoms with Crippen LogP contribution in [0.5, 0.6) is 0 Å². The van der Waals surface area contributed by atoms with Crippen molar-refractivity contribution >= 4 is 48.5 Å². The van der Waals surface area contributed by atoms with Gasteiger partial charge in [-0.25, -0.2) is 0 Å². The zero-order valence-electron chi connectivity index (χ0n) is 10.2. The Morgan fingerprint density at radius 2 is 1.67 bits per heavy atom. The SMILES string of the molecule is C=c1ccc2cccc3ccc(C(Br)=CC)c1c32. The van der Waals surface area contributed by atoms with Crippen molar-refractivity contribution in [1.82, 2.24) is 0 Å². The quantitative estimate of drug-likeness (QED) is 0.600. The van der Waals surface area contributed by atoms with Crippen molar-refractivity contribution in [3.63, 3.8) is 0 Å². The van der Waals surface area contributed by atoms with E-state index in [1.54, 1.807) is 0 Å². The van der Waals surface area contributed by atoms with Gasteiger partial charge in [0.25, 0.3) is 0 Å². The maximum Gasteiger partial charge on any atom is 0.0211 e. The molecule has 0 saturated heterocycles. The Morgan fingerprint density at radius 1 is 1.00 bits per heavy atom. The van der Waals surface area contributed by atoms with Crippen LogP contribution in [0.25, 0.3) is 32.6 Å². The zero-order chi connectivity index (χ0) is 12.7. The molecule has 0 aliphatic heterocycles. The number of allylic oxidation sites excluding steroid dienone is 1. The second-order valence-electron chi connectivity index (χ2n) is 4.43. The van der Waals surface area contributed by atoms with Crippen LogP contribution in [0.1, 0.15) is 12.5 Å². The topological polar surface area (TPSA) is 0 Å². The first-order valence-electron chi connectivity index (χ1n) is 5.97. The maximum absolute atomic E-state index is 4.18. The molecule has 0 amide bonds. The van der Waals surface area contributed by atoms with Gasteiger partial charge in [0.05, 0.1) is 0 Å². The van der Waals surface area contributed by atoms with E-state index in [1.807, 2.05) is 6.92 Å². The van der Waals surface area contributed by atoms with Crippen LogP contribution in [0, 0.1) is 0 Å². The third-order valence-corrected chi connectivity index (χ3v) is 4.26. The van der Waals surface area contributed by atoms with E-state index in [-0.39, 0.29) is 0 Å². The predicted molar refractivity (Wildman–Crippen MR) is 84.8 cm³/mol. The van der Waals surface area contributed by atoms with Gasteiger partial charge in [-0.05, 0) is 39.3 Å². The standard InChI is InChI=1S/C17H13Br/c1-3-15(18)14-10-9-13-6-4-5-12-8-7-11(2)16(14)17(12)13/h3-10H,2H2,1H3. The van der Waals surface area contributed by atoms with Crippen LogP contribution >= 0.6 is 15.9 Å². The lowest BCUT2D eigenvalue weighted by Gasteiger charge is -2.11. The van der Waals surface area contributed by atoms with Crippen molar-refractivity contribution < 1.29 is 0 Å². The summed E-state index contributed by atoms with van der Waals surface area (Å²) in [6, 6.07) is 15.0. The van der Waals surface area contributed by atoms with Crippen molar-refractivity contribution in [3.05, 3.63) is 59.3 Å². The highest BCUT2D eigenvalue weighted by atomic mass is 79.9. The molecule has 0 bridgehead atoms. The van der Waals surface area contributed by atoms with E-state index in [4.69, 9.17) is 0 Å². The Hall–Kier alpha value is -1.60. The molecule has 0 spiro atoms. The number of halogens is 1. The van der Waals surface area contributed by atoms with E-state index in [0.717, 1.165) is 9.70 Å². The number of benzene rings is 3. The summed E-state index contributed by atoms with van der Waals surface area (Å²) in [5.41, 5.74) is 1.21. The molecule has 0 aliphatic rings. The number of hydrogen-bond donors (Lipinski definition) is 0. The zero-order valence-corrected chi connectivity index (χ0v) is 11.8. The molecule has 0 nitrogen and oxygen atoms in total. The van der Waals surface area contributed by atoms with E-state index >= 15 is 0 Å². The molecule has 0 unspecified atom stereocenters. The number of rotatable bonds is 1. The molecule has 0 heterocycles. The molecule has 3 aromatic rings. The van der Waals surface area contributed by atoms with Crippen LogP contribution in [-0.4, -0.2) is 0 Å². The Balaban J connectivity index is 2.63. The van der Waals surface area contributed by atoms with E-state index in [1.165, 1.54) is 27.1 Å². The first-order valence-corrected chi connectivity index (χ1v) is 6.77. The van der Waals surface area contributed by atoms with Crippen LogP contribution in [-0.2, 0) is 0 Å². The van der Waals surface area contributed by atoms with Gasteiger partial charge in [-0.3, -0.25) is 0 Å². The fourth-order valence-electron chi connectivity index (χ4n) is 2.51. The molecule has 0 N–H and O–H groups in total. The van der Waals surface area contributed by atoms with E-state index in [9.17, 15) is 0 Å². The number of hydrogen-bond acceptors (Lipinski definition) is 0. The molecule has 0 fully saturated rings. The van der Waals surface area contributed by atoms with Crippen molar-refractivity contribution in [1.29, 1.82) is 0 Å². The van der Waals surface area contributed by atoms with Gasteiger partial charge in [-0.2, -0.15) is 0 Å². The summed E-state index contributed by atoms with van der Waals surface area (Å²) in [5.74, 6) is 0. The molecule has 0 aliphatic carbocycles. The molecule has 18 heavy (non-hydrogen) atoms. The normalized spacial score (nSPS) is 12.4. The Labute approximate surface area is 115 Å². The summed E-state index contributed by atoms with van der Waals surface area (Å²) < 4.78 is 1.12. The van der Waals surface area contributed by atoms with Crippen molar-refractivity contribution in [2.45, 2.75) is 6.92 Å². The molecule has 0 radical (unpaired) electrons. The van der Waals surface area contributed by atoms with E-state index < -0.39 is 0 Å². The van der Waals surface area contributed by atoms with Gasteiger partial charge in [0.1, 0.15) is 0 Å². The van der Waals surface area contributed by atoms with Crippen LogP contribution < -0.4 is 5.22 Å². The van der Waals surface area contributed by atoms with Crippen molar-refractivity contribution in [3.8, 4) is 0 Å². The van der Waals surface area contributed by atoms with Gasteiger partial charge < -0.3 is 0 Å². The lowest BCUT2D eigenvalue weighted by Crippen LogP contribution is -2.01. The molecule has 3 rings (SSSR count). The van der Waals surface area contributed by atoms with E-state index in [0.29, 0.717) is 0 Å².